The molecule has 1 unspecified atom stereocenters. The lowest BCUT2D eigenvalue weighted by Gasteiger charge is -2.34. The van der Waals surface area contributed by atoms with E-state index in [4.69, 9.17) is 22.3 Å². The number of piperidine rings is 1. The van der Waals surface area contributed by atoms with E-state index in [1.165, 1.54) is 12.4 Å². The van der Waals surface area contributed by atoms with E-state index in [9.17, 15) is 18.0 Å². The van der Waals surface area contributed by atoms with Crippen molar-refractivity contribution >= 4 is 34.2 Å². The summed E-state index contributed by atoms with van der Waals surface area (Å²) >= 11 is 6.47. The normalized spacial score (nSPS) is 19.6. The number of likely N-dealkylation sites (tertiary alicyclic amines) is 1. The number of nitrogens with two attached hydrogens (primary N) is 1. The lowest BCUT2D eigenvalue weighted by atomic mass is 10.0. The Bertz CT molecular complexity index is 1300. The third kappa shape index (κ3) is 5.69. The van der Waals surface area contributed by atoms with Crippen LogP contribution in [0.3, 0.4) is 0 Å². The standard InChI is InChI=1S/C26H29ClF3N7O/c27-19-5-6-20-18(4-7-22(35-20)37-11-8-17(31)15-37)23(19)24(38)32-14-21(36-9-2-1-3-10-36)16-12-33-25(34-13-16)26(28,29)30/h4-7,12-13,17,21H,1-3,8-11,14-15,31H2,(H,32,38)/t17-,21?/m1/s1. The number of carbonyl (C=O) groups is 1. The second-order valence-corrected chi connectivity index (χ2v) is 10.2. The molecule has 0 saturated carbocycles. The van der Waals surface area contributed by atoms with Gasteiger partial charge in [-0.3, -0.25) is 9.69 Å². The van der Waals surface area contributed by atoms with Gasteiger partial charge < -0.3 is 16.0 Å². The minimum atomic E-state index is -4.62. The van der Waals surface area contributed by atoms with Crippen LogP contribution >= 0.6 is 11.6 Å². The van der Waals surface area contributed by atoms with Crippen molar-refractivity contribution in [1.82, 2.24) is 25.2 Å². The molecule has 0 bridgehead atoms. The van der Waals surface area contributed by atoms with Crippen LogP contribution < -0.4 is 16.0 Å². The molecule has 2 saturated heterocycles. The predicted octanol–water partition coefficient (Wildman–Crippen LogP) is 4.19. The molecule has 8 nitrogen and oxygen atoms in total. The molecule has 1 aromatic carbocycles. The van der Waals surface area contributed by atoms with Gasteiger partial charge in [0, 0.05) is 49.0 Å². The van der Waals surface area contributed by atoms with Gasteiger partial charge in [0.1, 0.15) is 5.82 Å². The average molecular weight is 548 g/mol. The highest BCUT2D eigenvalue weighted by Gasteiger charge is 2.35. The van der Waals surface area contributed by atoms with Crippen molar-refractivity contribution in [2.45, 2.75) is 43.9 Å². The number of alkyl halides is 3. The SMILES string of the molecule is N[C@@H]1CCN(c2ccc3c(C(=O)NCC(c4cnc(C(F)(F)F)nc4)N4CCCCC4)c(Cl)ccc3n2)C1. The maximum atomic E-state index is 13.4. The Morgan fingerprint density at radius 2 is 1.84 bits per heavy atom. The Balaban J connectivity index is 1.38. The van der Waals surface area contributed by atoms with Gasteiger partial charge in [-0.2, -0.15) is 13.2 Å². The van der Waals surface area contributed by atoms with Crippen molar-refractivity contribution < 1.29 is 18.0 Å². The third-order valence-corrected chi connectivity index (χ3v) is 7.49. The zero-order chi connectivity index (χ0) is 26.9. The number of aromatic nitrogens is 3. The van der Waals surface area contributed by atoms with Crippen LogP contribution in [0.2, 0.25) is 5.02 Å². The molecule has 2 fully saturated rings. The molecule has 3 aromatic rings. The van der Waals surface area contributed by atoms with Crippen LogP contribution in [0.25, 0.3) is 10.9 Å². The highest BCUT2D eigenvalue weighted by atomic mass is 35.5. The molecule has 12 heteroatoms. The van der Waals surface area contributed by atoms with Crippen molar-refractivity contribution in [3.8, 4) is 0 Å². The Morgan fingerprint density at radius 3 is 2.50 bits per heavy atom. The second kappa shape index (κ2) is 11.0. The smallest absolute Gasteiger partial charge is 0.355 e. The monoisotopic (exact) mass is 547 g/mol. The molecule has 0 aliphatic carbocycles. The molecule has 2 aliphatic heterocycles. The number of nitrogens with zero attached hydrogens (tertiary/aromatic N) is 5. The summed E-state index contributed by atoms with van der Waals surface area (Å²) in [5.74, 6) is -0.771. The maximum absolute atomic E-state index is 13.4. The molecule has 1 amide bonds. The van der Waals surface area contributed by atoms with E-state index in [2.05, 4.69) is 25.1 Å². The predicted molar refractivity (Wildman–Crippen MR) is 139 cm³/mol. The number of pyridine rings is 1. The highest BCUT2D eigenvalue weighted by molar-refractivity contribution is 6.35. The fourth-order valence-electron chi connectivity index (χ4n) is 5.19. The number of hydrogen-bond acceptors (Lipinski definition) is 7. The summed E-state index contributed by atoms with van der Waals surface area (Å²) in [7, 11) is 0. The quantitative estimate of drug-likeness (QED) is 0.477. The minimum Gasteiger partial charge on any atom is -0.355 e. The average Bonchev–Trinajstić information content (AvgIpc) is 3.35. The lowest BCUT2D eigenvalue weighted by molar-refractivity contribution is -0.145. The largest absolute Gasteiger partial charge is 0.451 e. The summed E-state index contributed by atoms with van der Waals surface area (Å²) < 4.78 is 39.0. The topological polar surface area (TPSA) is 100 Å². The van der Waals surface area contributed by atoms with Gasteiger partial charge in [-0.25, -0.2) is 15.0 Å². The van der Waals surface area contributed by atoms with Crippen LogP contribution in [-0.2, 0) is 6.18 Å². The summed E-state index contributed by atoms with van der Waals surface area (Å²) in [6, 6.07) is 6.88. The van der Waals surface area contributed by atoms with Gasteiger partial charge in [0.15, 0.2) is 0 Å². The molecule has 2 aliphatic rings. The van der Waals surface area contributed by atoms with Gasteiger partial charge in [0.05, 0.1) is 22.1 Å². The number of fused-ring (bicyclic) bond motifs is 1. The summed E-state index contributed by atoms with van der Waals surface area (Å²) in [5, 5.41) is 3.86. The molecule has 0 radical (unpaired) electrons. The highest BCUT2D eigenvalue weighted by Crippen LogP contribution is 2.30. The summed E-state index contributed by atoms with van der Waals surface area (Å²) in [5.41, 5.74) is 7.50. The molecule has 0 spiro atoms. The van der Waals surface area contributed by atoms with E-state index in [1.54, 1.807) is 12.1 Å². The van der Waals surface area contributed by atoms with Crippen molar-refractivity contribution in [3.05, 3.63) is 58.6 Å². The van der Waals surface area contributed by atoms with Gasteiger partial charge in [0.25, 0.3) is 5.91 Å². The van der Waals surface area contributed by atoms with Crippen LogP contribution in [0.4, 0.5) is 19.0 Å². The van der Waals surface area contributed by atoms with E-state index in [1.807, 2.05) is 12.1 Å². The van der Waals surface area contributed by atoms with Crippen molar-refractivity contribution in [3.63, 3.8) is 0 Å². The van der Waals surface area contributed by atoms with E-state index in [0.717, 1.165) is 57.7 Å². The van der Waals surface area contributed by atoms with Gasteiger partial charge >= 0.3 is 6.18 Å². The van der Waals surface area contributed by atoms with Crippen molar-refractivity contribution in [1.29, 1.82) is 0 Å². The fourth-order valence-corrected chi connectivity index (χ4v) is 5.44. The first-order valence-corrected chi connectivity index (χ1v) is 13.1. The summed E-state index contributed by atoms with van der Waals surface area (Å²) in [6.45, 7) is 3.25. The zero-order valence-corrected chi connectivity index (χ0v) is 21.5. The molecule has 2 atom stereocenters. The summed E-state index contributed by atoms with van der Waals surface area (Å²) in [4.78, 5) is 29.5. The molecular weight excluding hydrogens is 519 g/mol. The molecule has 202 valence electrons. The van der Waals surface area contributed by atoms with Crippen LogP contribution in [0.15, 0.2) is 36.7 Å². The fraction of sp³-hybridized carbons (Fsp3) is 0.462. The first-order chi connectivity index (χ1) is 18.2. The van der Waals surface area contributed by atoms with Gasteiger partial charge in [-0.1, -0.05) is 18.0 Å². The molecule has 4 heterocycles. The number of hydrogen-bond donors (Lipinski definition) is 2. The first-order valence-electron chi connectivity index (χ1n) is 12.7. The number of halogens is 4. The molecule has 3 N–H and O–H groups in total. The van der Waals surface area contributed by atoms with Crippen LogP contribution in [0.5, 0.6) is 0 Å². The Hall–Kier alpha value is -3.02. The number of carbonyl (C=O) groups excluding carboxylic acids is 1. The Kier molecular flexibility index (Phi) is 7.69. The Labute approximate surface area is 223 Å². The van der Waals surface area contributed by atoms with Gasteiger partial charge in [-0.15, -0.1) is 0 Å². The zero-order valence-electron chi connectivity index (χ0n) is 20.7. The van der Waals surface area contributed by atoms with E-state index < -0.39 is 12.0 Å². The van der Waals surface area contributed by atoms with Crippen LogP contribution in [0.1, 0.15) is 53.5 Å². The molecular formula is C26H29ClF3N7O. The van der Waals surface area contributed by atoms with E-state index in [-0.39, 0.29) is 24.5 Å². The number of benzene rings is 1. The number of nitrogens with one attached hydrogen (secondary N) is 1. The number of rotatable bonds is 6. The minimum absolute atomic E-state index is 0.113. The second-order valence-electron chi connectivity index (χ2n) is 9.81. The third-order valence-electron chi connectivity index (χ3n) is 7.18. The first kappa shape index (κ1) is 26.6. The van der Waals surface area contributed by atoms with Crippen molar-refractivity contribution in [2.75, 3.05) is 37.6 Å². The van der Waals surface area contributed by atoms with Crippen LogP contribution in [0, 0.1) is 0 Å². The van der Waals surface area contributed by atoms with Gasteiger partial charge in [-0.05, 0) is 56.6 Å². The molecule has 2 aromatic heterocycles. The maximum Gasteiger partial charge on any atom is 0.451 e. The number of amides is 1. The molecule has 38 heavy (non-hydrogen) atoms. The molecule has 5 rings (SSSR count). The van der Waals surface area contributed by atoms with E-state index in [0.29, 0.717) is 27.1 Å². The van der Waals surface area contributed by atoms with Crippen LogP contribution in [-0.4, -0.2) is 64.5 Å². The Morgan fingerprint density at radius 1 is 1.11 bits per heavy atom. The van der Waals surface area contributed by atoms with Crippen molar-refractivity contribution in [2.24, 2.45) is 5.73 Å². The van der Waals surface area contributed by atoms with Gasteiger partial charge in [0.2, 0.25) is 5.82 Å². The number of anilines is 1. The summed E-state index contributed by atoms with van der Waals surface area (Å²) in [6.07, 6.45) is 1.70. The van der Waals surface area contributed by atoms with E-state index >= 15 is 0 Å². The lowest BCUT2D eigenvalue weighted by Crippen LogP contribution is -2.41.